The molecule has 0 saturated carbocycles. The Hall–Kier alpha value is -3.22. The van der Waals surface area contributed by atoms with Crippen molar-refractivity contribution in [1.29, 1.82) is 0 Å². The first kappa shape index (κ1) is 20.7. The van der Waals surface area contributed by atoms with E-state index in [1.54, 1.807) is 24.3 Å². The Kier molecular flexibility index (Phi) is 4.99. The van der Waals surface area contributed by atoms with Gasteiger partial charge in [-0.1, -0.05) is 47.5 Å². The van der Waals surface area contributed by atoms with E-state index in [4.69, 9.17) is 32.9 Å². The van der Waals surface area contributed by atoms with E-state index in [-0.39, 0.29) is 5.91 Å². The molecule has 1 aliphatic heterocycles. The molecular formula is C24H20Cl2N4O2. The average molecular weight is 467 g/mol. The van der Waals surface area contributed by atoms with Crippen LogP contribution in [0, 0.1) is 0 Å². The maximum atomic E-state index is 13.1. The second kappa shape index (κ2) is 7.73. The number of nitrogens with one attached hydrogen (secondary N) is 3. The SMILES string of the molecule is CC1(C)Cc2c(c(C(=O)Nc3ccccc3)cc3[nH]c(Nc4c(Cl)cccc4Cl)nc23)O1. The first-order valence-corrected chi connectivity index (χ1v) is 10.9. The number of fused-ring (bicyclic) bond motifs is 3. The van der Waals surface area contributed by atoms with Crippen LogP contribution in [0.5, 0.6) is 5.75 Å². The van der Waals surface area contributed by atoms with Crippen molar-refractivity contribution >= 4 is 57.5 Å². The van der Waals surface area contributed by atoms with Gasteiger partial charge in [-0.15, -0.1) is 0 Å². The minimum atomic E-state index is -0.447. The first-order valence-electron chi connectivity index (χ1n) is 10.1. The zero-order valence-electron chi connectivity index (χ0n) is 17.4. The second-order valence-electron chi connectivity index (χ2n) is 8.29. The van der Waals surface area contributed by atoms with E-state index in [0.29, 0.717) is 50.6 Å². The molecule has 0 saturated heterocycles. The molecule has 32 heavy (non-hydrogen) atoms. The first-order chi connectivity index (χ1) is 15.3. The summed E-state index contributed by atoms with van der Waals surface area (Å²) in [4.78, 5) is 21.1. The van der Waals surface area contributed by atoms with Crippen molar-refractivity contribution in [1.82, 2.24) is 9.97 Å². The van der Waals surface area contributed by atoms with Crippen LogP contribution in [-0.2, 0) is 6.42 Å². The molecule has 2 heterocycles. The number of aromatic nitrogens is 2. The predicted molar refractivity (Wildman–Crippen MR) is 129 cm³/mol. The van der Waals surface area contributed by atoms with E-state index in [1.165, 1.54) is 0 Å². The van der Waals surface area contributed by atoms with Crippen LogP contribution in [0.25, 0.3) is 11.0 Å². The van der Waals surface area contributed by atoms with E-state index >= 15 is 0 Å². The molecule has 0 aliphatic carbocycles. The number of carbonyl (C=O) groups is 1. The molecule has 1 aliphatic rings. The number of para-hydroxylation sites is 2. The summed E-state index contributed by atoms with van der Waals surface area (Å²) in [5.41, 5.74) is 3.63. The summed E-state index contributed by atoms with van der Waals surface area (Å²) in [6.07, 6.45) is 0.627. The van der Waals surface area contributed by atoms with Gasteiger partial charge in [0.05, 0.1) is 32.3 Å². The highest BCUT2D eigenvalue weighted by molar-refractivity contribution is 6.39. The Morgan fingerprint density at radius 1 is 1.09 bits per heavy atom. The van der Waals surface area contributed by atoms with Crippen molar-refractivity contribution in [3.63, 3.8) is 0 Å². The average Bonchev–Trinajstić information content (AvgIpc) is 3.30. The number of rotatable bonds is 4. The van der Waals surface area contributed by atoms with Crippen LogP contribution < -0.4 is 15.4 Å². The number of H-pyrrole nitrogens is 1. The molecule has 0 unspecified atom stereocenters. The zero-order chi connectivity index (χ0) is 22.5. The summed E-state index contributed by atoms with van der Waals surface area (Å²) in [5, 5.41) is 7.06. The third-order valence-corrected chi connectivity index (χ3v) is 5.92. The number of imidazole rings is 1. The maximum absolute atomic E-state index is 13.1. The number of ether oxygens (including phenoxy) is 1. The Morgan fingerprint density at radius 3 is 2.53 bits per heavy atom. The number of halogens is 2. The van der Waals surface area contributed by atoms with Gasteiger partial charge >= 0.3 is 0 Å². The summed E-state index contributed by atoms with van der Waals surface area (Å²) in [6.45, 7) is 3.99. The van der Waals surface area contributed by atoms with Gasteiger partial charge in [-0.05, 0) is 44.2 Å². The molecule has 3 aromatic carbocycles. The van der Waals surface area contributed by atoms with Gasteiger partial charge in [-0.3, -0.25) is 4.79 Å². The Labute approximate surface area is 194 Å². The van der Waals surface area contributed by atoms with Crippen LogP contribution in [0.1, 0.15) is 29.8 Å². The van der Waals surface area contributed by atoms with Crippen molar-refractivity contribution < 1.29 is 9.53 Å². The lowest BCUT2D eigenvalue weighted by molar-refractivity contribution is 0.101. The zero-order valence-corrected chi connectivity index (χ0v) is 18.9. The van der Waals surface area contributed by atoms with E-state index in [0.717, 1.165) is 11.1 Å². The molecule has 0 radical (unpaired) electrons. The molecule has 162 valence electrons. The number of carbonyl (C=O) groups excluding carboxylic acids is 1. The topological polar surface area (TPSA) is 79.0 Å². The van der Waals surface area contributed by atoms with E-state index in [2.05, 4.69) is 15.6 Å². The van der Waals surface area contributed by atoms with Gasteiger partial charge in [-0.2, -0.15) is 0 Å². The highest BCUT2D eigenvalue weighted by Gasteiger charge is 2.36. The Bertz CT molecular complexity index is 1330. The van der Waals surface area contributed by atoms with E-state index in [9.17, 15) is 4.79 Å². The van der Waals surface area contributed by atoms with Crippen molar-refractivity contribution in [3.05, 3.63) is 75.8 Å². The third-order valence-electron chi connectivity index (χ3n) is 5.29. The number of anilines is 3. The molecule has 3 N–H and O–H groups in total. The molecule has 6 nitrogen and oxygen atoms in total. The number of hydrogen-bond acceptors (Lipinski definition) is 4. The van der Waals surface area contributed by atoms with Gasteiger partial charge in [0.2, 0.25) is 5.95 Å². The van der Waals surface area contributed by atoms with Crippen molar-refractivity contribution in [2.75, 3.05) is 10.6 Å². The van der Waals surface area contributed by atoms with E-state index < -0.39 is 5.60 Å². The highest BCUT2D eigenvalue weighted by atomic mass is 35.5. The molecule has 1 amide bonds. The number of aromatic amines is 1. The Balaban J connectivity index is 1.58. The van der Waals surface area contributed by atoms with Crippen LogP contribution >= 0.6 is 23.2 Å². The fourth-order valence-corrected chi connectivity index (χ4v) is 4.40. The molecule has 1 aromatic heterocycles. The van der Waals surface area contributed by atoms with Crippen LogP contribution in [0.15, 0.2) is 54.6 Å². The van der Waals surface area contributed by atoms with Gasteiger partial charge in [-0.25, -0.2) is 4.98 Å². The summed E-state index contributed by atoms with van der Waals surface area (Å²) >= 11 is 12.6. The minimum absolute atomic E-state index is 0.245. The smallest absolute Gasteiger partial charge is 0.259 e. The van der Waals surface area contributed by atoms with Crippen LogP contribution in [-0.4, -0.2) is 21.5 Å². The molecule has 4 aromatic rings. The molecular weight excluding hydrogens is 447 g/mol. The monoisotopic (exact) mass is 466 g/mol. The van der Waals surface area contributed by atoms with Crippen molar-refractivity contribution in [3.8, 4) is 5.75 Å². The van der Waals surface area contributed by atoms with Crippen LogP contribution in [0.3, 0.4) is 0 Å². The fourth-order valence-electron chi connectivity index (χ4n) is 3.90. The van der Waals surface area contributed by atoms with E-state index in [1.807, 2.05) is 44.2 Å². The lowest BCUT2D eigenvalue weighted by Crippen LogP contribution is -2.25. The van der Waals surface area contributed by atoms with Crippen LogP contribution in [0.4, 0.5) is 17.3 Å². The number of nitrogens with zero attached hydrogens (tertiary/aromatic N) is 1. The van der Waals surface area contributed by atoms with Gasteiger partial charge < -0.3 is 20.4 Å². The largest absolute Gasteiger partial charge is 0.486 e. The highest BCUT2D eigenvalue weighted by Crippen LogP contribution is 2.42. The fraction of sp³-hybridized carbons (Fsp3) is 0.167. The molecule has 0 fully saturated rings. The second-order valence-corrected chi connectivity index (χ2v) is 9.11. The van der Waals surface area contributed by atoms with Crippen molar-refractivity contribution in [2.24, 2.45) is 0 Å². The summed E-state index contributed by atoms with van der Waals surface area (Å²) in [5.74, 6) is 0.789. The Morgan fingerprint density at radius 2 is 1.81 bits per heavy atom. The maximum Gasteiger partial charge on any atom is 0.259 e. The summed E-state index contributed by atoms with van der Waals surface area (Å²) < 4.78 is 6.18. The molecule has 0 atom stereocenters. The molecule has 0 bridgehead atoms. The van der Waals surface area contributed by atoms with Gasteiger partial charge in [0.25, 0.3) is 5.91 Å². The molecule has 8 heteroatoms. The summed E-state index contributed by atoms with van der Waals surface area (Å²) in [6, 6.07) is 16.4. The third kappa shape index (κ3) is 3.76. The van der Waals surface area contributed by atoms with Crippen LogP contribution in [0.2, 0.25) is 10.0 Å². The molecule has 5 rings (SSSR count). The summed E-state index contributed by atoms with van der Waals surface area (Å²) in [7, 11) is 0. The van der Waals surface area contributed by atoms with Gasteiger partial charge in [0.1, 0.15) is 11.4 Å². The lowest BCUT2D eigenvalue weighted by Gasteiger charge is -2.18. The quantitative estimate of drug-likeness (QED) is 0.317. The normalized spacial score (nSPS) is 14.1. The predicted octanol–water partition coefficient (Wildman–Crippen LogP) is 6.58. The number of benzene rings is 3. The minimum Gasteiger partial charge on any atom is -0.486 e. The lowest BCUT2D eigenvalue weighted by atomic mass is 9.98. The van der Waals surface area contributed by atoms with Gasteiger partial charge in [0, 0.05) is 17.7 Å². The standard InChI is InChI=1S/C24H20Cl2N4O2/c1-24(2)12-15-19-18(28-23(29-19)30-20-16(25)9-6-10-17(20)26)11-14(21(15)32-24)22(31)27-13-7-4-3-5-8-13/h3-11H,12H2,1-2H3,(H,27,31)(H2,28,29,30). The van der Waals surface area contributed by atoms with Crippen molar-refractivity contribution in [2.45, 2.75) is 25.9 Å². The number of amides is 1. The number of hydrogen-bond donors (Lipinski definition) is 3. The molecule has 0 spiro atoms. The van der Waals surface area contributed by atoms with Gasteiger partial charge in [0.15, 0.2) is 0 Å².